The van der Waals surface area contributed by atoms with Crippen molar-refractivity contribution in [3.8, 4) is 5.75 Å². The van der Waals surface area contributed by atoms with Crippen molar-refractivity contribution in [3.63, 3.8) is 0 Å². The van der Waals surface area contributed by atoms with Gasteiger partial charge in [-0.05, 0) is 59.5 Å². The Labute approximate surface area is 233 Å². The molecule has 8 nitrogen and oxygen atoms in total. The number of nitro benzene ring substituents is 1. The molecule has 0 radical (unpaired) electrons. The average Bonchev–Trinajstić information content (AvgIpc) is 3.39. The topological polar surface area (TPSA) is 106 Å². The summed E-state index contributed by atoms with van der Waals surface area (Å²) in [5.41, 5.74) is 2.81. The molecule has 8 heteroatoms. The number of hydrogen-bond donors (Lipinski definition) is 1. The number of nitrogens with one attached hydrogen (secondary N) is 1. The van der Waals surface area contributed by atoms with Gasteiger partial charge in [-0.15, -0.1) is 0 Å². The highest BCUT2D eigenvalue weighted by molar-refractivity contribution is 6.04. The van der Waals surface area contributed by atoms with Crippen molar-refractivity contribution in [2.75, 3.05) is 12.0 Å². The second-order valence-corrected chi connectivity index (χ2v) is 10.4. The molecule has 0 aliphatic heterocycles. The third-order valence-electron chi connectivity index (χ3n) is 7.83. The van der Waals surface area contributed by atoms with E-state index in [0.717, 1.165) is 42.1 Å². The molecule has 206 valence electrons. The van der Waals surface area contributed by atoms with Crippen molar-refractivity contribution >= 4 is 34.0 Å². The van der Waals surface area contributed by atoms with Gasteiger partial charge < -0.3 is 9.72 Å². The zero-order valence-corrected chi connectivity index (χ0v) is 22.5. The molecule has 0 bridgehead atoms. The summed E-state index contributed by atoms with van der Waals surface area (Å²) in [6.45, 7) is 0. The number of rotatable bonds is 10. The predicted molar refractivity (Wildman–Crippen MR) is 155 cm³/mol. The molecule has 5 rings (SSSR count). The van der Waals surface area contributed by atoms with Gasteiger partial charge in [0, 0.05) is 41.3 Å². The molecule has 1 fully saturated rings. The van der Waals surface area contributed by atoms with Crippen molar-refractivity contribution in [1.29, 1.82) is 0 Å². The lowest BCUT2D eigenvalue weighted by Crippen LogP contribution is -2.40. The Morgan fingerprint density at radius 1 is 1.00 bits per heavy atom. The molecule has 4 aromatic rings. The lowest BCUT2D eigenvalue weighted by molar-refractivity contribution is -0.384. The Morgan fingerprint density at radius 3 is 2.38 bits per heavy atom. The van der Waals surface area contributed by atoms with E-state index in [1.165, 1.54) is 18.6 Å². The number of hydrogen-bond acceptors (Lipinski definition) is 5. The van der Waals surface area contributed by atoms with Gasteiger partial charge in [-0.25, -0.2) is 0 Å². The highest BCUT2D eigenvalue weighted by Crippen LogP contribution is 2.35. The van der Waals surface area contributed by atoms with Gasteiger partial charge in [0.15, 0.2) is 5.78 Å². The first-order chi connectivity index (χ1) is 19.4. The molecule has 3 aromatic carbocycles. The largest absolute Gasteiger partial charge is 0.497 e. The Kier molecular flexibility index (Phi) is 8.24. The number of amides is 1. The van der Waals surface area contributed by atoms with Crippen molar-refractivity contribution in [2.45, 2.75) is 51.0 Å². The Morgan fingerprint density at radius 2 is 1.70 bits per heavy atom. The second kappa shape index (κ2) is 12.2. The molecule has 1 amide bonds. The molecule has 1 atom stereocenters. The van der Waals surface area contributed by atoms with Gasteiger partial charge in [0.25, 0.3) is 5.69 Å². The highest BCUT2D eigenvalue weighted by atomic mass is 16.6. The normalized spacial score (nSPS) is 14.5. The third-order valence-corrected chi connectivity index (χ3v) is 7.83. The molecule has 1 heterocycles. The Hall–Kier alpha value is -4.46. The van der Waals surface area contributed by atoms with Crippen LogP contribution in [0.2, 0.25) is 0 Å². The van der Waals surface area contributed by atoms with Crippen LogP contribution in [0.5, 0.6) is 5.75 Å². The Balaban J connectivity index is 1.57. The summed E-state index contributed by atoms with van der Waals surface area (Å²) < 4.78 is 5.33. The molecule has 40 heavy (non-hydrogen) atoms. The number of para-hydroxylation sites is 1. The summed E-state index contributed by atoms with van der Waals surface area (Å²) in [5.74, 6) is 0.593. The van der Waals surface area contributed by atoms with Gasteiger partial charge in [-0.1, -0.05) is 50.3 Å². The van der Waals surface area contributed by atoms with Crippen LogP contribution < -0.4 is 9.64 Å². The summed E-state index contributed by atoms with van der Waals surface area (Å²) in [7, 11) is 1.57. The van der Waals surface area contributed by atoms with Gasteiger partial charge in [0.2, 0.25) is 5.91 Å². The zero-order valence-electron chi connectivity index (χ0n) is 22.5. The third kappa shape index (κ3) is 5.91. The number of nitrogens with zero attached hydrogens (tertiary/aromatic N) is 2. The number of aromatic nitrogens is 1. The number of methoxy groups -OCH3 is 1. The monoisotopic (exact) mass is 539 g/mol. The smallest absolute Gasteiger partial charge is 0.269 e. The second-order valence-electron chi connectivity index (χ2n) is 10.4. The molecule has 1 aliphatic rings. The molecule has 1 aliphatic carbocycles. The highest BCUT2D eigenvalue weighted by Gasteiger charge is 2.34. The number of anilines is 1. The average molecular weight is 540 g/mol. The first-order valence-corrected chi connectivity index (χ1v) is 13.7. The number of nitro groups is 1. The van der Waals surface area contributed by atoms with Crippen LogP contribution in [0.15, 0.2) is 79.0 Å². The summed E-state index contributed by atoms with van der Waals surface area (Å²) in [4.78, 5) is 44.0. The van der Waals surface area contributed by atoms with Crippen molar-refractivity contribution in [1.82, 2.24) is 4.98 Å². The van der Waals surface area contributed by atoms with Crippen LogP contribution in [0.25, 0.3) is 10.9 Å². The van der Waals surface area contributed by atoms with Crippen molar-refractivity contribution in [2.24, 2.45) is 5.92 Å². The zero-order chi connectivity index (χ0) is 28.1. The number of non-ortho nitro benzene ring substituents is 1. The maximum Gasteiger partial charge on any atom is 0.269 e. The van der Waals surface area contributed by atoms with Crippen LogP contribution in [0, 0.1) is 16.0 Å². The number of benzene rings is 3. The van der Waals surface area contributed by atoms with Crippen LogP contribution >= 0.6 is 0 Å². The maximum absolute atomic E-state index is 14.2. The number of H-pyrrole nitrogens is 1. The van der Waals surface area contributed by atoms with Gasteiger partial charge in [-0.3, -0.25) is 24.6 Å². The quantitative estimate of drug-likeness (QED) is 0.174. The molecular weight excluding hydrogens is 506 g/mol. The fourth-order valence-corrected chi connectivity index (χ4v) is 5.75. The predicted octanol–water partition coefficient (Wildman–Crippen LogP) is 6.94. The van der Waals surface area contributed by atoms with E-state index in [2.05, 4.69) is 4.98 Å². The first-order valence-electron chi connectivity index (χ1n) is 13.7. The van der Waals surface area contributed by atoms with Gasteiger partial charge in [-0.2, -0.15) is 0 Å². The van der Waals surface area contributed by atoms with E-state index < -0.39 is 11.0 Å². The fraction of sp³-hybridized carbons (Fsp3) is 0.312. The number of carbonyl (C=O) groups excluding carboxylic acids is 2. The summed E-state index contributed by atoms with van der Waals surface area (Å²) in [6, 6.07) is 19.9. The lowest BCUT2D eigenvalue weighted by Gasteiger charge is -2.33. The maximum atomic E-state index is 14.2. The SMILES string of the molecule is COc1ccc(N(C(=O)Cc2c[nH]c3ccccc23)C(C(=O)CC2CCCCC2)c2ccc([N+](=O)[O-])cc2)cc1. The first kappa shape index (κ1) is 27.1. The molecule has 0 saturated heterocycles. The molecular formula is C32H33N3O5. The van der Waals surface area contributed by atoms with Gasteiger partial charge in [0.1, 0.15) is 11.8 Å². The molecule has 1 aromatic heterocycles. The fourth-order valence-electron chi connectivity index (χ4n) is 5.75. The van der Waals surface area contributed by atoms with Crippen LogP contribution in [0.3, 0.4) is 0 Å². The number of aromatic amines is 1. The van der Waals surface area contributed by atoms with E-state index in [4.69, 9.17) is 4.74 Å². The van der Waals surface area contributed by atoms with Crippen LogP contribution in [0.1, 0.15) is 55.7 Å². The summed E-state index contributed by atoms with van der Waals surface area (Å²) in [5, 5.41) is 12.3. The van der Waals surface area contributed by atoms with E-state index >= 15 is 0 Å². The van der Waals surface area contributed by atoms with Crippen LogP contribution in [-0.2, 0) is 16.0 Å². The standard InChI is InChI=1S/C32H33N3O5/c1-40-27-17-15-25(16-18-27)34(31(37)20-24-21-33-29-10-6-5-9-28(24)29)32(23-11-13-26(14-12-23)35(38)39)30(36)19-22-7-3-2-4-8-22/h5-6,9-18,21-22,32-33H,2-4,7-8,19-20H2,1H3. The van der Waals surface area contributed by atoms with E-state index in [-0.39, 0.29) is 29.7 Å². The lowest BCUT2D eigenvalue weighted by atomic mass is 9.83. The number of Topliss-reactive ketones (excluding diaryl/α,β-unsaturated/α-hetero) is 1. The minimum absolute atomic E-state index is 0.0659. The van der Waals surface area contributed by atoms with Crippen molar-refractivity contribution in [3.05, 3.63) is 100 Å². The molecule has 1 unspecified atom stereocenters. The minimum atomic E-state index is -0.922. The number of fused-ring (bicyclic) bond motifs is 1. The molecule has 1 saturated carbocycles. The van der Waals surface area contributed by atoms with Gasteiger partial charge >= 0.3 is 0 Å². The summed E-state index contributed by atoms with van der Waals surface area (Å²) in [6.07, 6.45) is 7.63. The summed E-state index contributed by atoms with van der Waals surface area (Å²) >= 11 is 0. The van der Waals surface area contributed by atoms with Gasteiger partial charge in [0.05, 0.1) is 18.5 Å². The minimum Gasteiger partial charge on any atom is -0.497 e. The molecule has 1 N–H and O–H groups in total. The van der Waals surface area contributed by atoms with E-state index in [9.17, 15) is 19.7 Å². The number of ketones is 1. The van der Waals surface area contributed by atoms with E-state index in [0.29, 0.717) is 23.4 Å². The van der Waals surface area contributed by atoms with Crippen LogP contribution in [0.4, 0.5) is 11.4 Å². The van der Waals surface area contributed by atoms with Crippen molar-refractivity contribution < 1.29 is 19.2 Å². The Bertz CT molecular complexity index is 1490. The number of carbonyl (C=O) groups is 2. The molecule has 0 spiro atoms. The number of ether oxygens (including phenoxy) is 1. The van der Waals surface area contributed by atoms with E-state index in [1.807, 2.05) is 30.5 Å². The van der Waals surface area contributed by atoms with E-state index in [1.54, 1.807) is 48.4 Å². The van der Waals surface area contributed by atoms with Crippen LogP contribution in [-0.4, -0.2) is 28.7 Å².